The van der Waals surface area contributed by atoms with Crippen molar-refractivity contribution in [2.75, 3.05) is 79.3 Å². The van der Waals surface area contributed by atoms with Crippen molar-refractivity contribution >= 4 is 31.9 Å². The van der Waals surface area contributed by atoms with E-state index in [2.05, 4.69) is 31.9 Å². The molecule has 8 nitrogen and oxygen atoms in total. The topological polar surface area (TPSA) is 73.8 Å². The van der Waals surface area contributed by atoms with Crippen LogP contribution in [0, 0.1) is 0 Å². The molecule has 0 fully saturated rings. The molecule has 0 aromatic heterocycles. The van der Waals surface area contributed by atoms with Crippen LogP contribution in [0.1, 0.15) is 0 Å². The highest BCUT2D eigenvalue weighted by Crippen LogP contribution is 2.31. The molecular weight excluding hydrogens is 576 g/mol. The first-order valence-electron chi connectivity index (χ1n) is 11.1. The fourth-order valence-electron chi connectivity index (χ4n) is 2.91. The Hall–Kier alpha value is -1.56. The Kier molecular flexibility index (Phi) is 12.9. The fraction of sp³-hybridized carbons (Fsp3) is 0.500. The van der Waals surface area contributed by atoms with Gasteiger partial charge in [0.05, 0.1) is 52.9 Å². The first kappa shape index (κ1) is 27.0. The van der Waals surface area contributed by atoms with Gasteiger partial charge in [0.25, 0.3) is 0 Å². The maximum absolute atomic E-state index is 5.83. The van der Waals surface area contributed by atoms with E-state index in [1.54, 1.807) is 0 Å². The minimum absolute atomic E-state index is 0.399. The second-order valence-corrected chi connectivity index (χ2v) is 8.86. The lowest BCUT2D eigenvalue weighted by Gasteiger charge is -2.15. The zero-order valence-corrected chi connectivity index (χ0v) is 22.1. The van der Waals surface area contributed by atoms with E-state index in [0.29, 0.717) is 102 Å². The zero-order chi connectivity index (χ0) is 23.8. The largest absolute Gasteiger partial charge is 0.487 e. The molecule has 0 amide bonds. The van der Waals surface area contributed by atoms with Crippen molar-refractivity contribution in [1.82, 2.24) is 0 Å². The number of hydrogen-bond acceptors (Lipinski definition) is 8. The van der Waals surface area contributed by atoms with Gasteiger partial charge in [0.1, 0.15) is 26.4 Å². The third-order valence-electron chi connectivity index (χ3n) is 4.50. The molecule has 0 N–H and O–H groups in total. The molecule has 10 heteroatoms. The van der Waals surface area contributed by atoms with Gasteiger partial charge in [0, 0.05) is 8.95 Å². The molecule has 0 aliphatic carbocycles. The molecule has 1 aliphatic rings. The van der Waals surface area contributed by atoms with E-state index in [0.717, 1.165) is 8.95 Å². The van der Waals surface area contributed by atoms with Crippen LogP contribution in [0.5, 0.6) is 23.0 Å². The molecule has 0 atom stereocenters. The molecule has 0 bridgehead atoms. The van der Waals surface area contributed by atoms with E-state index in [1.807, 2.05) is 36.4 Å². The van der Waals surface area contributed by atoms with Crippen molar-refractivity contribution in [1.29, 1.82) is 0 Å². The summed E-state index contributed by atoms with van der Waals surface area (Å²) in [5.41, 5.74) is 0. The summed E-state index contributed by atoms with van der Waals surface area (Å²) >= 11 is 6.92. The Labute approximate surface area is 217 Å². The molecule has 1 heterocycles. The predicted octanol–water partition coefficient (Wildman–Crippen LogP) is 4.51. The monoisotopic (exact) mass is 604 g/mol. The summed E-state index contributed by atoms with van der Waals surface area (Å²) in [6.45, 7) is 5.24. The smallest absolute Gasteiger partial charge is 0.162 e. The van der Waals surface area contributed by atoms with E-state index < -0.39 is 0 Å². The SMILES string of the molecule is Brc1ccc2c(c1)OCCOCCOCCOc1ccc(Br)cc1OCCOCCOCCO2. The van der Waals surface area contributed by atoms with E-state index in [1.165, 1.54) is 0 Å². The Morgan fingerprint density at radius 1 is 0.382 bits per heavy atom. The van der Waals surface area contributed by atoms with E-state index in [-0.39, 0.29) is 0 Å². The number of halogens is 2. The Bertz CT molecular complexity index is 782. The number of benzene rings is 2. The van der Waals surface area contributed by atoms with Crippen molar-refractivity contribution in [2.45, 2.75) is 0 Å². The highest BCUT2D eigenvalue weighted by molar-refractivity contribution is 9.10. The van der Waals surface area contributed by atoms with Crippen LogP contribution < -0.4 is 18.9 Å². The lowest BCUT2D eigenvalue weighted by molar-refractivity contribution is 0.0223. The molecule has 2 aromatic carbocycles. The van der Waals surface area contributed by atoms with Crippen molar-refractivity contribution in [3.63, 3.8) is 0 Å². The predicted molar refractivity (Wildman–Crippen MR) is 134 cm³/mol. The minimum atomic E-state index is 0.399. The van der Waals surface area contributed by atoms with Crippen LogP contribution in [-0.4, -0.2) is 79.3 Å². The van der Waals surface area contributed by atoms with Crippen LogP contribution in [0.15, 0.2) is 45.3 Å². The molecule has 2 aromatic rings. The Morgan fingerprint density at radius 3 is 1.03 bits per heavy atom. The quantitative estimate of drug-likeness (QED) is 0.434. The van der Waals surface area contributed by atoms with Crippen molar-refractivity contribution in [2.24, 2.45) is 0 Å². The van der Waals surface area contributed by atoms with Gasteiger partial charge in [-0.1, -0.05) is 31.9 Å². The number of ether oxygens (including phenoxy) is 8. The summed E-state index contributed by atoms with van der Waals surface area (Å²) in [6.07, 6.45) is 0. The Balaban J connectivity index is 1.48. The molecule has 188 valence electrons. The lowest BCUT2D eigenvalue weighted by atomic mass is 10.3. The molecule has 0 saturated heterocycles. The molecule has 3 rings (SSSR count). The van der Waals surface area contributed by atoms with Gasteiger partial charge in [-0.15, -0.1) is 0 Å². The lowest BCUT2D eigenvalue weighted by Crippen LogP contribution is -2.15. The number of rotatable bonds is 0. The third-order valence-corrected chi connectivity index (χ3v) is 5.48. The highest BCUT2D eigenvalue weighted by atomic mass is 79.9. The molecule has 34 heavy (non-hydrogen) atoms. The first-order valence-corrected chi connectivity index (χ1v) is 12.7. The average molecular weight is 606 g/mol. The summed E-state index contributed by atoms with van der Waals surface area (Å²) < 4.78 is 47.5. The summed E-state index contributed by atoms with van der Waals surface area (Å²) in [4.78, 5) is 0. The fourth-order valence-corrected chi connectivity index (χ4v) is 3.59. The van der Waals surface area contributed by atoms with Crippen LogP contribution in [0.2, 0.25) is 0 Å². The van der Waals surface area contributed by atoms with Crippen LogP contribution >= 0.6 is 31.9 Å². The summed E-state index contributed by atoms with van der Waals surface area (Å²) in [7, 11) is 0. The van der Waals surface area contributed by atoms with Crippen molar-refractivity contribution in [3.05, 3.63) is 45.3 Å². The van der Waals surface area contributed by atoms with Crippen LogP contribution in [0.3, 0.4) is 0 Å². The van der Waals surface area contributed by atoms with Crippen molar-refractivity contribution in [3.8, 4) is 23.0 Å². The van der Waals surface area contributed by atoms with E-state index >= 15 is 0 Å². The second kappa shape index (κ2) is 16.2. The van der Waals surface area contributed by atoms with Crippen LogP contribution in [0.4, 0.5) is 0 Å². The highest BCUT2D eigenvalue weighted by Gasteiger charge is 2.08. The van der Waals surface area contributed by atoms with Gasteiger partial charge in [-0.2, -0.15) is 0 Å². The molecular formula is C24H30Br2O8. The number of hydrogen-bond donors (Lipinski definition) is 0. The molecule has 0 unspecified atom stereocenters. The van der Waals surface area contributed by atoms with E-state index in [9.17, 15) is 0 Å². The van der Waals surface area contributed by atoms with E-state index in [4.69, 9.17) is 37.9 Å². The molecule has 1 aliphatic heterocycles. The van der Waals surface area contributed by atoms with Gasteiger partial charge in [-0.25, -0.2) is 0 Å². The summed E-state index contributed by atoms with van der Waals surface area (Å²) in [5, 5.41) is 0. The van der Waals surface area contributed by atoms with Crippen LogP contribution in [-0.2, 0) is 18.9 Å². The van der Waals surface area contributed by atoms with Crippen molar-refractivity contribution < 1.29 is 37.9 Å². The van der Waals surface area contributed by atoms with Gasteiger partial charge in [-0.05, 0) is 36.4 Å². The molecule has 0 saturated carbocycles. The van der Waals surface area contributed by atoms with Gasteiger partial charge in [0.15, 0.2) is 23.0 Å². The molecule has 0 spiro atoms. The zero-order valence-electron chi connectivity index (χ0n) is 19.0. The summed E-state index contributed by atoms with van der Waals surface area (Å²) in [6, 6.07) is 11.3. The van der Waals surface area contributed by atoms with Gasteiger partial charge < -0.3 is 37.9 Å². The maximum atomic E-state index is 5.83. The minimum Gasteiger partial charge on any atom is -0.487 e. The standard InChI is InChI=1S/C24H30Br2O8/c25-19-1-3-21-23(17-19)33-15-11-29-8-6-28-10-14-32-22-4-2-20(26)18-24(22)34-16-12-30-7-5-27-9-13-31-21/h1-4,17-18H,5-16H2. The van der Waals surface area contributed by atoms with Crippen LogP contribution in [0.25, 0.3) is 0 Å². The van der Waals surface area contributed by atoms with Gasteiger partial charge in [-0.3, -0.25) is 0 Å². The maximum Gasteiger partial charge on any atom is 0.162 e. The molecule has 0 radical (unpaired) electrons. The Morgan fingerprint density at radius 2 is 0.676 bits per heavy atom. The third kappa shape index (κ3) is 10.4. The van der Waals surface area contributed by atoms with Gasteiger partial charge >= 0.3 is 0 Å². The summed E-state index contributed by atoms with van der Waals surface area (Å²) in [5.74, 6) is 2.61. The van der Waals surface area contributed by atoms with Gasteiger partial charge in [0.2, 0.25) is 0 Å². The average Bonchev–Trinajstić information content (AvgIpc) is 2.83. The normalized spacial score (nSPS) is 17.9. The second-order valence-electron chi connectivity index (χ2n) is 7.03. The number of fused-ring (bicyclic) bond motifs is 2. The first-order chi connectivity index (χ1) is 16.7.